The third-order valence-electron chi connectivity index (χ3n) is 3.23. The summed E-state index contributed by atoms with van der Waals surface area (Å²) in [6.07, 6.45) is 3.54. The normalized spacial score (nSPS) is 16.8. The first-order valence-corrected chi connectivity index (χ1v) is 6.86. The molecule has 0 saturated heterocycles. The van der Waals surface area contributed by atoms with Gasteiger partial charge in [-0.15, -0.1) is 0 Å². The number of aryl methyl sites for hydroxylation is 1. The standard InChI is InChI=1S/C15H20F2N2O2/c1-11-8-13(4-5-14(11)21-15(16)17)10-19-7-3-6-18(19)9-12(2)20/h3-6,8,12,15,20H,7,9-10H2,1-2H3. The number of rotatable bonds is 6. The molecule has 0 bridgehead atoms. The van der Waals surface area contributed by atoms with Crippen molar-refractivity contribution in [2.24, 2.45) is 0 Å². The number of aliphatic hydroxyl groups excluding tert-OH is 1. The fraction of sp³-hybridized carbons (Fsp3) is 0.467. The molecule has 0 aromatic heterocycles. The molecular formula is C15H20F2N2O2. The van der Waals surface area contributed by atoms with Gasteiger partial charge in [0.2, 0.25) is 0 Å². The van der Waals surface area contributed by atoms with Crippen LogP contribution in [0.4, 0.5) is 8.78 Å². The highest BCUT2D eigenvalue weighted by Crippen LogP contribution is 2.23. The zero-order valence-electron chi connectivity index (χ0n) is 12.2. The summed E-state index contributed by atoms with van der Waals surface area (Å²) in [6.45, 7) is 2.62. The Kier molecular flexibility index (Phi) is 5.14. The molecule has 116 valence electrons. The Hall–Kier alpha value is -1.66. The average Bonchev–Trinajstić information content (AvgIpc) is 2.79. The van der Waals surface area contributed by atoms with Crippen molar-refractivity contribution in [3.63, 3.8) is 0 Å². The average molecular weight is 298 g/mol. The summed E-state index contributed by atoms with van der Waals surface area (Å²) in [5.74, 6) is 0.203. The van der Waals surface area contributed by atoms with Crippen LogP contribution in [0, 0.1) is 6.92 Å². The minimum absolute atomic E-state index is 0.203. The van der Waals surface area contributed by atoms with Crippen LogP contribution < -0.4 is 4.74 Å². The number of β-amino-alcohol motifs (C(OH)–C–C–N with tert-alkyl or cyclic N) is 1. The number of hydrogen-bond donors (Lipinski definition) is 1. The Bertz CT molecular complexity index is 506. The number of aliphatic hydroxyl groups is 1. The summed E-state index contributed by atoms with van der Waals surface area (Å²) in [5.41, 5.74) is 1.69. The van der Waals surface area contributed by atoms with E-state index in [9.17, 15) is 13.9 Å². The summed E-state index contributed by atoms with van der Waals surface area (Å²) in [7, 11) is 0. The van der Waals surface area contributed by atoms with Crippen molar-refractivity contribution >= 4 is 0 Å². The Morgan fingerprint density at radius 3 is 2.76 bits per heavy atom. The van der Waals surface area contributed by atoms with Gasteiger partial charge in [-0.3, -0.25) is 0 Å². The molecular weight excluding hydrogens is 278 g/mol. The van der Waals surface area contributed by atoms with E-state index in [1.165, 1.54) is 0 Å². The van der Waals surface area contributed by atoms with Gasteiger partial charge in [0.15, 0.2) is 0 Å². The van der Waals surface area contributed by atoms with Gasteiger partial charge in [0.05, 0.1) is 12.6 Å². The topological polar surface area (TPSA) is 35.9 Å². The molecule has 1 aromatic rings. The van der Waals surface area contributed by atoms with E-state index in [1.54, 1.807) is 26.0 Å². The number of alkyl halides is 2. The second-order valence-electron chi connectivity index (χ2n) is 5.18. The highest BCUT2D eigenvalue weighted by atomic mass is 19.3. The molecule has 0 spiro atoms. The summed E-state index contributed by atoms with van der Waals surface area (Å²) < 4.78 is 28.9. The van der Waals surface area contributed by atoms with Gasteiger partial charge >= 0.3 is 6.61 Å². The number of ether oxygens (including phenoxy) is 1. The lowest BCUT2D eigenvalue weighted by molar-refractivity contribution is -0.0503. The lowest BCUT2D eigenvalue weighted by Gasteiger charge is -2.30. The van der Waals surface area contributed by atoms with Crippen LogP contribution in [0.25, 0.3) is 0 Å². The van der Waals surface area contributed by atoms with Gasteiger partial charge in [-0.2, -0.15) is 8.78 Å². The van der Waals surface area contributed by atoms with Gasteiger partial charge in [0, 0.05) is 19.3 Å². The first-order chi connectivity index (χ1) is 9.95. The summed E-state index contributed by atoms with van der Waals surface area (Å²) in [4.78, 5) is 0. The zero-order valence-corrected chi connectivity index (χ0v) is 12.2. The Morgan fingerprint density at radius 2 is 2.14 bits per heavy atom. The molecule has 21 heavy (non-hydrogen) atoms. The van der Waals surface area contributed by atoms with Gasteiger partial charge in [-0.25, -0.2) is 5.01 Å². The molecule has 6 heteroatoms. The summed E-state index contributed by atoms with van der Waals surface area (Å²) in [5, 5.41) is 13.5. The molecule has 4 nitrogen and oxygen atoms in total. The minimum atomic E-state index is -2.81. The van der Waals surface area contributed by atoms with E-state index in [-0.39, 0.29) is 5.75 Å². The Morgan fingerprint density at radius 1 is 1.38 bits per heavy atom. The minimum Gasteiger partial charge on any atom is -0.435 e. The highest BCUT2D eigenvalue weighted by molar-refractivity contribution is 5.36. The second kappa shape index (κ2) is 6.87. The van der Waals surface area contributed by atoms with E-state index in [4.69, 9.17) is 0 Å². The molecule has 1 aromatic carbocycles. The highest BCUT2D eigenvalue weighted by Gasteiger charge is 2.18. The molecule has 1 heterocycles. The smallest absolute Gasteiger partial charge is 0.387 e. The molecule has 0 radical (unpaired) electrons. The van der Waals surface area contributed by atoms with Crippen molar-refractivity contribution in [1.29, 1.82) is 0 Å². The fourth-order valence-electron chi connectivity index (χ4n) is 2.34. The van der Waals surface area contributed by atoms with Crippen LogP contribution in [-0.4, -0.2) is 40.9 Å². The van der Waals surface area contributed by atoms with Gasteiger partial charge in [-0.1, -0.05) is 18.2 Å². The molecule has 2 rings (SSSR count). The van der Waals surface area contributed by atoms with Crippen LogP contribution in [0.15, 0.2) is 30.5 Å². The third kappa shape index (κ3) is 4.41. The number of hydrazine groups is 1. The predicted octanol–water partition coefficient (Wildman–Crippen LogP) is 2.52. The molecule has 1 atom stereocenters. The number of hydrogen-bond acceptors (Lipinski definition) is 4. The van der Waals surface area contributed by atoms with Crippen molar-refractivity contribution < 1.29 is 18.6 Å². The maximum Gasteiger partial charge on any atom is 0.387 e. The van der Waals surface area contributed by atoms with Crippen molar-refractivity contribution in [1.82, 2.24) is 10.0 Å². The number of halogens is 2. The summed E-state index contributed by atoms with van der Waals surface area (Å²) >= 11 is 0. The van der Waals surface area contributed by atoms with E-state index in [1.807, 2.05) is 23.4 Å². The zero-order chi connectivity index (χ0) is 15.4. The quantitative estimate of drug-likeness (QED) is 0.875. The third-order valence-corrected chi connectivity index (χ3v) is 3.23. The van der Waals surface area contributed by atoms with Crippen LogP contribution in [0.1, 0.15) is 18.1 Å². The van der Waals surface area contributed by atoms with Gasteiger partial charge in [0.25, 0.3) is 0 Å². The second-order valence-corrected chi connectivity index (χ2v) is 5.18. The molecule has 0 aliphatic carbocycles. The fourth-order valence-corrected chi connectivity index (χ4v) is 2.34. The van der Waals surface area contributed by atoms with Crippen LogP contribution in [0.5, 0.6) is 5.75 Å². The Balaban J connectivity index is 2.01. The molecule has 1 aliphatic rings. The summed E-state index contributed by atoms with van der Waals surface area (Å²) in [6, 6.07) is 5.19. The largest absolute Gasteiger partial charge is 0.435 e. The van der Waals surface area contributed by atoms with Crippen LogP contribution in [-0.2, 0) is 6.54 Å². The lowest BCUT2D eigenvalue weighted by Crippen LogP contribution is -2.38. The van der Waals surface area contributed by atoms with Gasteiger partial charge in [-0.05, 0) is 31.0 Å². The SMILES string of the molecule is Cc1cc(CN2CC=CN2CC(C)O)ccc1OC(F)F. The molecule has 0 amide bonds. The first kappa shape index (κ1) is 15.7. The van der Waals surface area contributed by atoms with E-state index < -0.39 is 12.7 Å². The van der Waals surface area contributed by atoms with Crippen LogP contribution >= 0.6 is 0 Å². The number of benzene rings is 1. The molecule has 0 saturated carbocycles. The van der Waals surface area contributed by atoms with Gasteiger partial charge in [0.1, 0.15) is 5.75 Å². The lowest BCUT2D eigenvalue weighted by atomic mass is 10.1. The van der Waals surface area contributed by atoms with E-state index in [2.05, 4.69) is 9.75 Å². The monoisotopic (exact) mass is 298 g/mol. The van der Waals surface area contributed by atoms with Crippen LogP contribution in [0.2, 0.25) is 0 Å². The predicted molar refractivity (Wildman–Crippen MR) is 75.7 cm³/mol. The molecule has 1 unspecified atom stereocenters. The molecule has 1 aliphatic heterocycles. The maximum atomic E-state index is 12.2. The maximum absolute atomic E-state index is 12.2. The van der Waals surface area contributed by atoms with E-state index >= 15 is 0 Å². The van der Waals surface area contributed by atoms with E-state index in [0.29, 0.717) is 18.7 Å². The van der Waals surface area contributed by atoms with Crippen LogP contribution in [0.3, 0.4) is 0 Å². The molecule has 1 N–H and O–H groups in total. The van der Waals surface area contributed by atoms with Crippen molar-refractivity contribution in [3.8, 4) is 5.75 Å². The van der Waals surface area contributed by atoms with Crippen molar-refractivity contribution in [3.05, 3.63) is 41.6 Å². The van der Waals surface area contributed by atoms with E-state index in [0.717, 1.165) is 12.1 Å². The Labute approximate surface area is 123 Å². The van der Waals surface area contributed by atoms with Crippen molar-refractivity contribution in [2.45, 2.75) is 33.1 Å². The van der Waals surface area contributed by atoms with Crippen molar-refractivity contribution in [2.75, 3.05) is 13.1 Å². The first-order valence-electron chi connectivity index (χ1n) is 6.86. The van der Waals surface area contributed by atoms with Gasteiger partial charge < -0.3 is 14.9 Å². The molecule has 0 fully saturated rings. The number of nitrogens with zero attached hydrogens (tertiary/aromatic N) is 2.